The van der Waals surface area contributed by atoms with Crippen molar-refractivity contribution in [2.45, 2.75) is 32.2 Å². The molecular formula is C21H25N5OS. The van der Waals surface area contributed by atoms with E-state index < -0.39 is 0 Å². The molecule has 4 heterocycles. The fraction of sp³-hybridized carbons (Fsp3) is 0.429. The molecule has 1 aliphatic rings. The van der Waals surface area contributed by atoms with E-state index in [9.17, 15) is 4.79 Å². The highest BCUT2D eigenvalue weighted by Crippen LogP contribution is 2.27. The lowest BCUT2D eigenvalue weighted by Crippen LogP contribution is -2.45. The van der Waals surface area contributed by atoms with Crippen LogP contribution < -0.4 is 0 Å². The molecule has 0 unspecified atom stereocenters. The highest BCUT2D eigenvalue weighted by molar-refractivity contribution is 7.15. The third-order valence-electron chi connectivity index (χ3n) is 5.41. The Morgan fingerprint density at radius 3 is 2.54 bits per heavy atom. The van der Waals surface area contributed by atoms with Crippen molar-refractivity contribution in [1.29, 1.82) is 0 Å². The average molecular weight is 396 g/mol. The first-order chi connectivity index (χ1) is 13.5. The number of carbonyl (C=O) groups excluding carboxylic acids is 1. The molecule has 1 saturated heterocycles. The topological polar surface area (TPSA) is 62.2 Å². The summed E-state index contributed by atoms with van der Waals surface area (Å²) in [5.74, 6) is 0.163. The van der Waals surface area contributed by atoms with Crippen molar-refractivity contribution < 1.29 is 4.79 Å². The number of piperidine rings is 1. The molecule has 6 nitrogen and oxygen atoms in total. The quantitative estimate of drug-likeness (QED) is 0.679. The number of thiazole rings is 1. The van der Waals surface area contributed by atoms with Crippen LogP contribution in [0.3, 0.4) is 0 Å². The molecule has 0 N–H and O–H groups in total. The van der Waals surface area contributed by atoms with E-state index in [1.54, 1.807) is 11.3 Å². The molecule has 0 aromatic carbocycles. The normalized spacial score (nSPS) is 15.5. The van der Waals surface area contributed by atoms with Gasteiger partial charge in [-0.1, -0.05) is 0 Å². The van der Waals surface area contributed by atoms with E-state index in [0.717, 1.165) is 58.0 Å². The average Bonchev–Trinajstić information content (AvgIpc) is 3.14. The standard InChI is InChI=1S/C21H25N5OS/c1-14-22-13-20(28-14)19-9-15-8-17(23-11-16(15)12-24-19)10-21(27)26-6-4-18(5-7-26)25(2)3/h8-9,11-13,18H,4-7,10H2,1-3H3. The van der Waals surface area contributed by atoms with Gasteiger partial charge in [0.25, 0.3) is 0 Å². The van der Waals surface area contributed by atoms with E-state index >= 15 is 0 Å². The second kappa shape index (κ2) is 7.93. The summed E-state index contributed by atoms with van der Waals surface area (Å²) in [6.07, 6.45) is 7.92. The molecule has 3 aromatic heterocycles. The van der Waals surface area contributed by atoms with Crippen LogP contribution in [0.4, 0.5) is 0 Å². The molecule has 0 saturated carbocycles. The number of nitrogens with zero attached hydrogens (tertiary/aromatic N) is 5. The Kier molecular flexibility index (Phi) is 5.37. The minimum Gasteiger partial charge on any atom is -0.342 e. The molecule has 28 heavy (non-hydrogen) atoms. The molecule has 0 spiro atoms. The number of pyridine rings is 2. The van der Waals surface area contributed by atoms with Gasteiger partial charge in [-0.05, 0) is 51.4 Å². The first-order valence-corrected chi connectivity index (χ1v) is 10.4. The monoisotopic (exact) mass is 395 g/mol. The second-order valence-corrected chi connectivity index (χ2v) is 8.82. The predicted molar refractivity (Wildman–Crippen MR) is 112 cm³/mol. The van der Waals surface area contributed by atoms with Crippen LogP contribution in [-0.2, 0) is 11.2 Å². The van der Waals surface area contributed by atoms with Gasteiger partial charge in [0, 0.05) is 43.1 Å². The zero-order valence-corrected chi connectivity index (χ0v) is 17.4. The van der Waals surface area contributed by atoms with Gasteiger partial charge in [0.1, 0.15) is 0 Å². The molecule has 0 bridgehead atoms. The van der Waals surface area contributed by atoms with Crippen LogP contribution in [0.25, 0.3) is 21.3 Å². The van der Waals surface area contributed by atoms with E-state index in [4.69, 9.17) is 0 Å². The summed E-state index contributed by atoms with van der Waals surface area (Å²) in [5, 5.41) is 3.06. The number of rotatable bonds is 4. The largest absolute Gasteiger partial charge is 0.342 e. The van der Waals surface area contributed by atoms with Crippen molar-refractivity contribution in [2.75, 3.05) is 27.2 Å². The fourth-order valence-electron chi connectivity index (χ4n) is 3.69. The number of likely N-dealkylation sites (tertiary alicyclic amines) is 1. The minimum atomic E-state index is 0.163. The van der Waals surface area contributed by atoms with Crippen molar-refractivity contribution in [3.05, 3.63) is 41.4 Å². The number of hydrogen-bond acceptors (Lipinski definition) is 6. The SMILES string of the molecule is Cc1ncc(-c2cc3cc(CC(=O)N4CCC(N(C)C)CC4)ncc3cn2)s1. The minimum absolute atomic E-state index is 0.163. The molecule has 3 aromatic rings. The van der Waals surface area contributed by atoms with Crippen LogP contribution in [0.15, 0.2) is 30.7 Å². The van der Waals surface area contributed by atoms with Crippen molar-refractivity contribution >= 4 is 28.0 Å². The van der Waals surface area contributed by atoms with Crippen LogP contribution in [0.1, 0.15) is 23.5 Å². The molecule has 0 atom stereocenters. The molecule has 0 aliphatic carbocycles. The molecule has 0 radical (unpaired) electrons. The third-order valence-corrected chi connectivity index (χ3v) is 6.35. The lowest BCUT2D eigenvalue weighted by atomic mass is 10.0. The Labute approximate surface area is 169 Å². The Morgan fingerprint density at radius 2 is 1.86 bits per heavy atom. The Morgan fingerprint density at radius 1 is 1.11 bits per heavy atom. The van der Waals surface area contributed by atoms with Gasteiger partial charge in [0.05, 0.1) is 27.7 Å². The number of aryl methyl sites for hydroxylation is 1. The predicted octanol–water partition coefficient (Wildman–Crippen LogP) is 3.16. The molecule has 1 amide bonds. The van der Waals surface area contributed by atoms with Gasteiger partial charge < -0.3 is 9.80 Å². The second-order valence-electron chi connectivity index (χ2n) is 7.59. The number of carbonyl (C=O) groups is 1. The summed E-state index contributed by atoms with van der Waals surface area (Å²) in [4.78, 5) is 31.3. The van der Waals surface area contributed by atoms with Crippen molar-refractivity contribution in [2.24, 2.45) is 0 Å². The zero-order valence-electron chi connectivity index (χ0n) is 16.6. The number of aromatic nitrogens is 3. The summed E-state index contributed by atoms with van der Waals surface area (Å²) in [6.45, 7) is 3.65. The van der Waals surface area contributed by atoms with Crippen molar-refractivity contribution in [1.82, 2.24) is 24.8 Å². The van der Waals surface area contributed by atoms with E-state index in [2.05, 4.69) is 40.0 Å². The summed E-state index contributed by atoms with van der Waals surface area (Å²) in [7, 11) is 4.22. The molecule has 146 valence electrons. The lowest BCUT2D eigenvalue weighted by Gasteiger charge is -2.35. The summed E-state index contributed by atoms with van der Waals surface area (Å²) in [5.41, 5.74) is 1.72. The van der Waals surface area contributed by atoms with E-state index in [1.807, 2.05) is 36.5 Å². The zero-order chi connectivity index (χ0) is 19.7. The highest BCUT2D eigenvalue weighted by atomic mass is 32.1. The highest BCUT2D eigenvalue weighted by Gasteiger charge is 2.24. The maximum absolute atomic E-state index is 12.7. The molecular weight excluding hydrogens is 370 g/mol. The molecule has 7 heteroatoms. The molecule has 1 aliphatic heterocycles. The fourth-order valence-corrected chi connectivity index (χ4v) is 4.44. The maximum atomic E-state index is 12.7. The smallest absolute Gasteiger partial charge is 0.228 e. The van der Waals surface area contributed by atoms with Crippen LogP contribution in [0.2, 0.25) is 0 Å². The van der Waals surface area contributed by atoms with Gasteiger partial charge >= 0.3 is 0 Å². The first-order valence-electron chi connectivity index (χ1n) is 9.61. The van der Waals surface area contributed by atoms with Gasteiger partial charge in [-0.25, -0.2) is 4.98 Å². The third kappa shape index (κ3) is 4.05. The maximum Gasteiger partial charge on any atom is 0.228 e. The molecule has 1 fully saturated rings. The number of fused-ring (bicyclic) bond motifs is 1. The Balaban J connectivity index is 1.49. The van der Waals surface area contributed by atoms with Gasteiger partial charge in [-0.3, -0.25) is 14.8 Å². The van der Waals surface area contributed by atoms with Gasteiger partial charge in [0.15, 0.2) is 0 Å². The van der Waals surface area contributed by atoms with Crippen LogP contribution in [-0.4, -0.2) is 63.9 Å². The lowest BCUT2D eigenvalue weighted by molar-refractivity contribution is -0.132. The Hall–Kier alpha value is -2.38. The van der Waals surface area contributed by atoms with Crippen LogP contribution in [0, 0.1) is 6.92 Å². The van der Waals surface area contributed by atoms with Gasteiger partial charge in [-0.15, -0.1) is 11.3 Å². The summed E-state index contributed by atoms with van der Waals surface area (Å²) < 4.78 is 0. The van der Waals surface area contributed by atoms with Gasteiger partial charge in [0.2, 0.25) is 5.91 Å². The molecule has 4 rings (SSSR count). The van der Waals surface area contributed by atoms with Crippen molar-refractivity contribution in [3.8, 4) is 10.6 Å². The Bertz CT molecular complexity index is 991. The van der Waals surface area contributed by atoms with Crippen molar-refractivity contribution in [3.63, 3.8) is 0 Å². The number of hydrogen-bond donors (Lipinski definition) is 0. The van der Waals surface area contributed by atoms with Gasteiger partial charge in [-0.2, -0.15) is 0 Å². The summed E-state index contributed by atoms with van der Waals surface area (Å²) in [6, 6.07) is 4.64. The van der Waals surface area contributed by atoms with Crippen LogP contribution in [0.5, 0.6) is 0 Å². The van der Waals surface area contributed by atoms with E-state index in [0.29, 0.717) is 12.5 Å². The van der Waals surface area contributed by atoms with E-state index in [1.165, 1.54) is 0 Å². The van der Waals surface area contributed by atoms with E-state index in [-0.39, 0.29) is 5.91 Å². The number of amides is 1. The summed E-state index contributed by atoms with van der Waals surface area (Å²) >= 11 is 1.63. The van der Waals surface area contributed by atoms with Crippen LogP contribution >= 0.6 is 11.3 Å². The first kappa shape index (κ1) is 19.0.